The van der Waals surface area contributed by atoms with E-state index in [9.17, 15) is 0 Å². The molecule has 8 nitrogen and oxygen atoms in total. The fourth-order valence-electron chi connectivity index (χ4n) is 3.07. The van der Waals surface area contributed by atoms with Crippen LogP contribution in [0.4, 0.5) is 5.82 Å². The Morgan fingerprint density at radius 2 is 2.13 bits per heavy atom. The minimum absolute atomic E-state index is 0.000411. The number of anilines is 1. The van der Waals surface area contributed by atoms with Gasteiger partial charge in [0, 0.05) is 20.0 Å². The fraction of sp³-hybridized carbons (Fsp3) is 0.500. The first kappa shape index (κ1) is 14.6. The summed E-state index contributed by atoms with van der Waals surface area (Å²) >= 11 is 3.48. The quantitative estimate of drug-likeness (QED) is 0.753. The zero-order chi connectivity index (χ0) is 16.0. The molecule has 3 aromatic rings. The molecule has 1 atom stereocenters. The van der Waals surface area contributed by atoms with E-state index in [1.807, 2.05) is 7.05 Å². The first-order valence-electron chi connectivity index (χ1n) is 7.67. The van der Waals surface area contributed by atoms with Gasteiger partial charge in [0.05, 0.1) is 11.4 Å². The van der Waals surface area contributed by atoms with E-state index in [2.05, 4.69) is 58.0 Å². The van der Waals surface area contributed by atoms with Crippen molar-refractivity contribution in [2.75, 3.05) is 5.32 Å². The van der Waals surface area contributed by atoms with Crippen molar-refractivity contribution in [2.24, 2.45) is 7.05 Å². The number of rotatable bonds is 3. The molecule has 1 aliphatic rings. The maximum Gasteiger partial charge on any atom is 0.164 e. The number of hydrogen-bond donors (Lipinski definition) is 1. The van der Waals surface area contributed by atoms with Gasteiger partial charge in [0.2, 0.25) is 0 Å². The van der Waals surface area contributed by atoms with Crippen molar-refractivity contribution in [3.8, 4) is 0 Å². The molecule has 0 bridgehead atoms. The Hall–Kier alpha value is -2.03. The Bertz CT molecular complexity index is 867. The highest BCUT2D eigenvalue weighted by atomic mass is 79.9. The van der Waals surface area contributed by atoms with Crippen LogP contribution in [0, 0.1) is 0 Å². The lowest BCUT2D eigenvalue weighted by molar-refractivity contribution is 0.500. The van der Waals surface area contributed by atoms with Crippen LogP contribution in [0.2, 0.25) is 0 Å². The van der Waals surface area contributed by atoms with Gasteiger partial charge in [-0.05, 0) is 35.7 Å². The Balaban J connectivity index is 1.69. The Morgan fingerprint density at radius 3 is 3.00 bits per heavy atom. The van der Waals surface area contributed by atoms with Gasteiger partial charge in [-0.25, -0.2) is 14.6 Å². The van der Waals surface area contributed by atoms with E-state index in [0.29, 0.717) is 0 Å². The molecule has 0 amide bonds. The fourth-order valence-corrected chi connectivity index (χ4v) is 3.67. The molecule has 0 saturated carbocycles. The predicted octanol–water partition coefficient (Wildman–Crippen LogP) is 2.23. The van der Waals surface area contributed by atoms with Crippen LogP contribution in [-0.2, 0) is 20.0 Å². The van der Waals surface area contributed by atoms with Gasteiger partial charge in [0.25, 0.3) is 0 Å². The second-order valence-electron chi connectivity index (χ2n) is 5.78. The Labute approximate surface area is 141 Å². The van der Waals surface area contributed by atoms with Crippen LogP contribution in [0.5, 0.6) is 0 Å². The predicted molar refractivity (Wildman–Crippen MR) is 89.0 cm³/mol. The lowest BCUT2D eigenvalue weighted by atomic mass is 10.1. The van der Waals surface area contributed by atoms with Crippen LogP contribution in [0.25, 0.3) is 11.0 Å². The molecule has 0 radical (unpaired) electrons. The van der Waals surface area contributed by atoms with Crippen LogP contribution < -0.4 is 5.32 Å². The van der Waals surface area contributed by atoms with E-state index in [0.717, 1.165) is 46.1 Å². The topological polar surface area (TPSA) is 86.3 Å². The number of nitrogens with zero attached hydrogens (tertiary/aromatic N) is 7. The highest BCUT2D eigenvalue weighted by Gasteiger charge is 2.22. The van der Waals surface area contributed by atoms with Crippen molar-refractivity contribution < 1.29 is 0 Å². The Morgan fingerprint density at radius 1 is 1.26 bits per heavy atom. The molecule has 1 aliphatic heterocycles. The molecule has 0 saturated heterocycles. The molecular formula is C14H17BrN8. The third kappa shape index (κ3) is 2.39. The summed E-state index contributed by atoms with van der Waals surface area (Å²) in [6.45, 7) is 3.06. The zero-order valence-corrected chi connectivity index (χ0v) is 14.6. The number of fused-ring (bicyclic) bond motifs is 2. The molecule has 1 unspecified atom stereocenters. The molecule has 120 valence electrons. The maximum absolute atomic E-state index is 4.38. The van der Waals surface area contributed by atoms with Crippen LogP contribution in [0.3, 0.4) is 0 Å². The van der Waals surface area contributed by atoms with Crippen molar-refractivity contribution in [1.82, 2.24) is 34.5 Å². The van der Waals surface area contributed by atoms with Crippen molar-refractivity contribution in [3.05, 3.63) is 22.6 Å². The first-order valence-corrected chi connectivity index (χ1v) is 8.46. The van der Waals surface area contributed by atoms with Crippen molar-refractivity contribution in [3.63, 3.8) is 0 Å². The van der Waals surface area contributed by atoms with E-state index < -0.39 is 0 Å². The average molecular weight is 377 g/mol. The van der Waals surface area contributed by atoms with Crippen molar-refractivity contribution in [2.45, 2.75) is 38.8 Å². The summed E-state index contributed by atoms with van der Waals surface area (Å²) in [7, 11) is 1.86. The second-order valence-corrected chi connectivity index (χ2v) is 6.54. The van der Waals surface area contributed by atoms with Crippen LogP contribution in [0.15, 0.2) is 10.9 Å². The molecule has 0 fully saturated rings. The van der Waals surface area contributed by atoms with Gasteiger partial charge in [-0.15, -0.1) is 10.2 Å². The smallest absolute Gasteiger partial charge is 0.164 e. The number of hydrogen-bond acceptors (Lipinski definition) is 6. The highest BCUT2D eigenvalue weighted by molar-refractivity contribution is 9.10. The molecule has 0 spiro atoms. The molecule has 1 N–H and O–H groups in total. The lowest BCUT2D eigenvalue weighted by Crippen LogP contribution is -2.18. The van der Waals surface area contributed by atoms with Gasteiger partial charge in [-0.2, -0.15) is 5.10 Å². The van der Waals surface area contributed by atoms with E-state index >= 15 is 0 Å². The van der Waals surface area contributed by atoms with Crippen molar-refractivity contribution in [1.29, 1.82) is 0 Å². The summed E-state index contributed by atoms with van der Waals surface area (Å²) in [6.07, 6.45) is 4.92. The van der Waals surface area contributed by atoms with Crippen LogP contribution >= 0.6 is 15.9 Å². The second kappa shape index (κ2) is 5.55. The van der Waals surface area contributed by atoms with Gasteiger partial charge < -0.3 is 9.88 Å². The SMILES string of the molecule is CC(Nc1ncnc2c1c(Br)nn2C)c1nnc2n1CCCC2. The summed E-state index contributed by atoms with van der Waals surface area (Å²) in [5.41, 5.74) is 0.782. The summed E-state index contributed by atoms with van der Waals surface area (Å²) in [6, 6.07) is -0.000411. The Kier molecular flexibility index (Phi) is 3.51. The normalized spacial score (nSPS) is 15.6. The minimum Gasteiger partial charge on any atom is -0.360 e. The number of nitrogens with one attached hydrogen (secondary N) is 1. The van der Waals surface area contributed by atoms with Gasteiger partial charge in [-0.3, -0.25) is 0 Å². The molecule has 0 aromatic carbocycles. The van der Waals surface area contributed by atoms with E-state index in [-0.39, 0.29) is 6.04 Å². The monoisotopic (exact) mass is 376 g/mol. The summed E-state index contributed by atoms with van der Waals surface area (Å²) in [5.74, 6) is 2.78. The third-order valence-electron chi connectivity index (χ3n) is 4.21. The molecule has 4 rings (SSSR count). The molecule has 0 aliphatic carbocycles. The van der Waals surface area contributed by atoms with E-state index in [4.69, 9.17) is 0 Å². The van der Waals surface area contributed by atoms with Crippen LogP contribution in [0.1, 0.15) is 37.5 Å². The maximum atomic E-state index is 4.38. The standard InChI is InChI=1S/C14H17BrN8/c1-8(13-20-19-9-5-3-4-6-23(9)13)18-12-10-11(15)21-22(2)14(10)17-7-16-12/h7-8H,3-6H2,1-2H3,(H,16,17,18). The molecule has 3 aromatic heterocycles. The van der Waals surface area contributed by atoms with Gasteiger partial charge in [0.1, 0.15) is 22.6 Å². The minimum atomic E-state index is -0.000411. The van der Waals surface area contributed by atoms with Crippen molar-refractivity contribution >= 4 is 32.8 Å². The lowest BCUT2D eigenvalue weighted by Gasteiger charge is -2.19. The zero-order valence-electron chi connectivity index (χ0n) is 13.0. The largest absolute Gasteiger partial charge is 0.360 e. The number of aromatic nitrogens is 7. The summed E-state index contributed by atoms with van der Waals surface area (Å²) < 4.78 is 4.68. The van der Waals surface area contributed by atoms with Gasteiger partial charge in [-0.1, -0.05) is 0 Å². The van der Waals surface area contributed by atoms with Gasteiger partial charge >= 0.3 is 0 Å². The van der Waals surface area contributed by atoms with Gasteiger partial charge in [0.15, 0.2) is 11.5 Å². The summed E-state index contributed by atoms with van der Waals surface area (Å²) in [5, 5.41) is 17.4. The van der Waals surface area contributed by atoms with Crippen LogP contribution in [-0.4, -0.2) is 34.5 Å². The molecule has 23 heavy (non-hydrogen) atoms. The average Bonchev–Trinajstić information content (AvgIpc) is 3.10. The number of halogens is 1. The van der Waals surface area contributed by atoms with E-state index in [1.54, 1.807) is 11.0 Å². The number of aryl methyl sites for hydroxylation is 2. The molecule has 9 heteroatoms. The highest BCUT2D eigenvalue weighted by Crippen LogP contribution is 2.29. The first-order chi connectivity index (χ1) is 11.1. The molecule has 4 heterocycles. The molecular weight excluding hydrogens is 360 g/mol. The third-order valence-corrected chi connectivity index (χ3v) is 4.76. The van der Waals surface area contributed by atoms with E-state index in [1.165, 1.54) is 12.8 Å². The summed E-state index contributed by atoms with van der Waals surface area (Å²) in [4.78, 5) is 8.67.